The Kier molecular flexibility index (Phi) is 10.7. The number of hydrogen-bond donors (Lipinski definition) is 3. The molecule has 1 aromatic heterocycles. The van der Waals surface area contributed by atoms with E-state index in [1.807, 2.05) is 23.1 Å². The largest absolute Gasteiger partial charge is 0.507 e. The van der Waals surface area contributed by atoms with Gasteiger partial charge in [-0.05, 0) is 99.3 Å². The van der Waals surface area contributed by atoms with E-state index < -0.39 is 29.7 Å². The highest BCUT2D eigenvalue weighted by atomic mass is 16.5. The maximum Gasteiger partial charge on any atom is 0.262 e. The minimum Gasteiger partial charge on any atom is -0.507 e. The molecule has 3 unspecified atom stereocenters. The molecule has 16 heteroatoms. The molecule has 2 bridgehead atoms. The van der Waals surface area contributed by atoms with Gasteiger partial charge in [-0.25, -0.2) is 0 Å². The van der Waals surface area contributed by atoms with Gasteiger partial charge in [0.05, 0.1) is 22.5 Å². The van der Waals surface area contributed by atoms with Gasteiger partial charge in [-0.3, -0.25) is 39.1 Å². The molecule has 0 aliphatic carbocycles. The number of rotatable bonds is 9. The van der Waals surface area contributed by atoms with Crippen LogP contribution in [0.1, 0.15) is 77.6 Å². The van der Waals surface area contributed by atoms with Gasteiger partial charge < -0.3 is 30.3 Å². The minimum atomic E-state index is -1.02. The molecule has 6 aliphatic heterocycles. The number of aromatic nitrogens is 2. The number of amides is 5. The summed E-state index contributed by atoms with van der Waals surface area (Å²) in [6.07, 6.45) is 5.14. The number of nitrogen functional groups attached to an aromatic ring is 1. The molecule has 326 valence electrons. The predicted molar refractivity (Wildman–Crippen MR) is 233 cm³/mol. The number of nitrogens with zero attached hydrogens (tertiary/aromatic N) is 7. The lowest BCUT2D eigenvalue weighted by Gasteiger charge is -2.43. The maximum absolute atomic E-state index is 13.7. The number of anilines is 3. The molecule has 5 amide bonds. The average Bonchev–Trinajstić information content (AvgIpc) is 3.70. The summed E-state index contributed by atoms with van der Waals surface area (Å²) in [5, 5.41) is 21.2. The Balaban J connectivity index is 0.696. The number of ether oxygens (including phenoxy) is 1. The van der Waals surface area contributed by atoms with Gasteiger partial charge in [0, 0.05) is 81.2 Å². The summed E-state index contributed by atoms with van der Waals surface area (Å²) in [6, 6.07) is 22.4. The number of nitrogens with one attached hydrogen (secondary N) is 1. The lowest BCUT2D eigenvalue weighted by Crippen LogP contribution is -2.54. The van der Waals surface area contributed by atoms with Crippen LogP contribution in [-0.2, 0) is 20.9 Å². The van der Waals surface area contributed by atoms with Crippen molar-refractivity contribution in [3.8, 4) is 22.8 Å². The van der Waals surface area contributed by atoms with Crippen molar-refractivity contribution in [3.63, 3.8) is 0 Å². The molecule has 5 saturated heterocycles. The molecule has 0 spiro atoms. The van der Waals surface area contributed by atoms with Crippen LogP contribution >= 0.6 is 0 Å². The number of phenolic OH excluding ortho intramolecular Hbond substituents is 1. The predicted octanol–water partition coefficient (Wildman–Crippen LogP) is 3.97. The van der Waals surface area contributed by atoms with E-state index in [-0.39, 0.29) is 47.6 Å². The van der Waals surface area contributed by atoms with Crippen LogP contribution in [0.4, 0.5) is 17.2 Å². The number of para-hydroxylation sites is 1. The number of fused-ring (bicyclic) bond motifs is 3. The number of carbonyl (C=O) groups is 5. The van der Waals surface area contributed by atoms with Crippen LogP contribution in [0.3, 0.4) is 0 Å². The number of nitrogens with two attached hydrogens (primary N) is 1. The van der Waals surface area contributed by atoms with Crippen molar-refractivity contribution < 1.29 is 33.8 Å². The lowest BCUT2D eigenvalue weighted by atomic mass is 9.93. The number of phenols is 1. The molecule has 5 fully saturated rings. The number of likely N-dealkylation sites (tertiary alicyclic amines) is 2. The third-order valence-corrected chi connectivity index (χ3v) is 13.8. The monoisotopic (exact) mass is 853 g/mol. The normalized spacial score (nSPS) is 23.3. The number of piperidine rings is 3. The number of imide groups is 2. The summed E-state index contributed by atoms with van der Waals surface area (Å²) >= 11 is 0. The zero-order valence-electron chi connectivity index (χ0n) is 35.0. The molecule has 7 heterocycles. The number of aromatic hydroxyl groups is 1. The van der Waals surface area contributed by atoms with Crippen LogP contribution in [0.2, 0.25) is 0 Å². The fourth-order valence-electron chi connectivity index (χ4n) is 10.6. The second-order valence-electron chi connectivity index (χ2n) is 17.7. The van der Waals surface area contributed by atoms with Crippen molar-refractivity contribution in [2.24, 2.45) is 5.92 Å². The van der Waals surface area contributed by atoms with Gasteiger partial charge >= 0.3 is 0 Å². The van der Waals surface area contributed by atoms with E-state index in [2.05, 4.69) is 54.5 Å². The molecule has 63 heavy (non-hydrogen) atoms. The van der Waals surface area contributed by atoms with E-state index in [4.69, 9.17) is 10.5 Å². The fourth-order valence-corrected chi connectivity index (χ4v) is 10.6. The van der Waals surface area contributed by atoms with Crippen LogP contribution in [0.5, 0.6) is 11.5 Å². The van der Waals surface area contributed by atoms with E-state index in [1.165, 1.54) is 11.3 Å². The van der Waals surface area contributed by atoms with Crippen LogP contribution < -0.4 is 25.6 Å². The third kappa shape index (κ3) is 7.81. The first kappa shape index (κ1) is 40.5. The van der Waals surface area contributed by atoms with Gasteiger partial charge in [0.25, 0.3) is 11.8 Å². The topological polar surface area (TPSA) is 195 Å². The van der Waals surface area contributed by atoms with Crippen molar-refractivity contribution in [2.45, 2.75) is 82.1 Å². The molecule has 4 N–H and O–H groups in total. The van der Waals surface area contributed by atoms with Crippen LogP contribution in [0, 0.1) is 5.92 Å². The summed E-state index contributed by atoms with van der Waals surface area (Å²) in [5.74, 6) is -0.972. The molecule has 0 saturated carbocycles. The Morgan fingerprint density at radius 3 is 2.27 bits per heavy atom. The van der Waals surface area contributed by atoms with Crippen molar-refractivity contribution in [1.29, 1.82) is 0 Å². The van der Waals surface area contributed by atoms with Crippen molar-refractivity contribution in [1.82, 2.24) is 30.2 Å². The quantitative estimate of drug-likeness (QED) is 0.205. The first-order valence-electron chi connectivity index (χ1n) is 22.1. The smallest absolute Gasteiger partial charge is 0.262 e. The highest BCUT2D eigenvalue weighted by Crippen LogP contribution is 2.40. The lowest BCUT2D eigenvalue weighted by molar-refractivity contribution is -0.139. The van der Waals surface area contributed by atoms with Crippen LogP contribution in [0.25, 0.3) is 11.3 Å². The Morgan fingerprint density at radius 2 is 1.52 bits per heavy atom. The highest BCUT2D eigenvalue weighted by Gasteiger charge is 2.45. The third-order valence-electron chi connectivity index (χ3n) is 13.8. The molecule has 10 rings (SSSR count). The summed E-state index contributed by atoms with van der Waals surface area (Å²) in [5.41, 5.74) is 11.4. The molecular formula is C47H51N9O7. The van der Waals surface area contributed by atoms with E-state index >= 15 is 0 Å². The summed E-state index contributed by atoms with van der Waals surface area (Å²) in [6.45, 7) is 5.35. The van der Waals surface area contributed by atoms with Gasteiger partial charge in [-0.2, -0.15) is 0 Å². The average molecular weight is 854 g/mol. The standard InChI is InChI=1S/C47H51N9O7/c48-43-40(24-38(50-51-43)36-6-1-2-7-41(36)57)54-26-31-8-9-32(27-54)55(31)30-5-3-4-28(22-30)25-52-18-14-29(15-19-52)45(60)53-20-16-33(17-21-53)63-34-10-11-35-37(23-34)47(62)56(46(35)61)39-12-13-42(58)49-44(39)59/h1-7,10-11,22-24,29,31-33,39,57H,8-9,12-21,25-27H2,(H2,48,51)(H,49,58,59). The Bertz CT molecular complexity index is 2470. The Hall–Kier alpha value is -6.55. The van der Waals surface area contributed by atoms with E-state index in [1.54, 1.807) is 30.3 Å². The van der Waals surface area contributed by atoms with Crippen LogP contribution in [0.15, 0.2) is 72.8 Å². The molecular weight excluding hydrogens is 803 g/mol. The number of piperazine rings is 1. The molecule has 6 aliphatic rings. The zero-order chi connectivity index (χ0) is 43.4. The summed E-state index contributed by atoms with van der Waals surface area (Å²) in [4.78, 5) is 74.4. The van der Waals surface area contributed by atoms with Crippen LogP contribution in [-0.4, -0.2) is 123 Å². The highest BCUT2D eigenvalue weighted by molar-refractivity contribution is 6.23. The van der Waals surface area contributed by atoms with Gasteiger partial charge in [-0.15, -0.1) is 10.2 Å². The van der Waals surface area contributed by atoms with Gasteiger partial charge in [0.15, 0.2) is 5.82 Å². The zero-order valence-corrected chi connectivity index (χ0v) is 35.0. The number of benzene rings is 3. The molecule has 4 aromatic rings. The van der Waals surface area contributed by atoms with Crippen molar-refractivity contribution in [3.05, 3.63) is 89.5 Å². The number of hydrogen-bond acceptors (Lipinski definition) is 13. The second kappa shape index (κ2) is 16.6. The fraction of sp³-hybridized carbons (Fsp3) is 0.426. The van der Waals surface area contributed by atoms with Crippen molar-refractivity contribution >= 4 is 46.7 Å². The summed E-state index contributed by atoms with van der Waals surface area (Å²) in [7, 11) is 0. The minimum absolute atomic E-state index is 0.0105. The van der Waals surface area contributed by atoms with E-state index in [0.29, 0.717) is 60.8 Å². The van der Waals surface area contributed by atoms with E-state index in [9.17, 15) is 29.1 Å². The summed E-state index contributed by atoms with van der Waals surface area (Å²) < 4.78 is 6.26. The number of carbonyl (C=O) groups excluding carboxylic acids is 5. The Morgan fingerprint density at radius 1 is 0.778 bits per heavy atom. The molecule has 0 radical (unpaired) electrons. The van der Waals surface area contributed by atoms with E-state index in [0.717, 1.165) is 69.0 Å². The van der Waals surface area contributed by atoms with Gasteiger partial charge in [-0.1, -0.05) is 24.3 Å². The molecule has 3 atom stereocenters. The van der Waals surface area contributed by atoms with Gasteiger partial charge in [0.1, 0.15) is 23.6 Å². The van der Waals surface area contributed by atoms with Gasteiger partial charge in [0.2, 0.25) is 17.7 Å². The SMILES string of the molecule is Nc1nnc(-c2ccccc2O)cc1N1CC2CCC(C1)N2c1cccc(CN2CCC(C(=O)N3CCC(Oc4ccc5c(c4)C(=O)N(C4CCC(=O)NC4=O)C5=O)CC3)CC2)c1. The molecule has 16 nitrogen and oxygen atoms in total. The second-order valence-corrected chi connectivity index (χ2v) is 17.7. The Labute approximate surface area is 365 Å². The maximum atomic E-state index is 13.7. The van der Waals surface area contributed by atoms with Crippen molar-refractivity contribution in [2.75, 3.05) is 54.8 Å². The first-order chi connectivity index (χ1) is 30.6. The molecule has 3 aromatic carbocycles. The first-order valence-corrected chi connectivity index (χ1v) is 22.1.